The number of hydrogen-bond acceptors (Lipinski definition) is 3. The zero-order chi connectivity index (χ0) is 14.1. The van der Waals surface area contributed by atoms with E-state index < -0.39 is 0 Å². The summed E-state index contributed by atoms with van der Waals surface area (Å²) in [6.07, 6.45) is 2.65. The molecule has 1 aromatic carbocycles. The fourth-order valence-electron chi connectivity index (χ4n) is 3.63. The summed E-state index contributed by atoms with van der Waals surface area (Å²) in [4.78, 5) is 5.15. The van der Waals surface area contributed by atoms with Crippen LogP contribution in [0.25, 0.3) is 0 Å². The van der Waals surface area contributed by atoms with Gasteiger partial charge in [-0.05, 0) is 49.6 Å². The smallest absolute Gasteiger partial charge is 0.123 e. The van der Waals surface area contributed by atoms with Gasteiger partial charge in [0.05, 0.1) is 0 Å². The largest absolute Gasteiger partial charge is 0.326 e. The molecular formula is C16H24FN3. The summed E-state index contributed by atoms with van der Waals surface area (Å²) in [5.41, 5.74) is 7.86. The van der Waals surface area contributed by atoms with E-state index in [1.165, 1.54) is 24.9 Å². The van der Waals surface area contributed by atoms with Crippen molar-refractivity contribution in [3.63, 3.8) is 0 Å². The molecule has 0 aliphatic carbocycles. The minimum absolute atomic E-state index is 0.192. The van der Waals surface area contributed by atoms with Crippen molar-refractivity contribution in [2.75, 3.05) is 19.6 Å². The minimum Gasteiger partial charge on any atom is -0.326 e. The molecule has 2 aliphatic heterocycles. The molecule has 3 rings (SSSR count). The topological polar surface area (TPSA) is 32.5 Å². The van der Waals surface area contributed by atoms with E-state index in [2.05, 4.69) is 16.7 Å². The molecule has 2 unspecified atom stereocenters. The van der Waals surface area contributed by atoms with Crippen molar-refractivity contribution in [1.29, 1.82) is 0 Å². The highest BCUT2D eigenvalue weighted by Crippen LogP contribution is 2.26. The summed E-state index contributed by atoms with van der Waals surface area (Å²) in [6.45, 7) is 7.13. The minimum atomic E-state index is -0.192. The summed E-state index contributed by atoms with van der Waals surface area (Å²) in [7, 11) is 0. The molecule has 20 heavy (non-hydrogen) atoms. The number of nitrogens with two attached hydrogens (primary N) is 1. The van der Waals surface area contributed by atoms with Gasteiger partial charge in [-0.2, -0.15) is 0 Å². The molecule has 0 saturated carbocycles. The lowest BCUT2D eigenvalue weighted by Gasteiger charge is -2.42. The van der Waals surface area contributed by atoms with E-state index in [1.54, 1.807) is 12.1 Å². The van der Waals surface area contributed by atoms with E-state index in [-0.39, 0.29) is 5.82 Å². The molecule has 0 bridgehead atoms. The quantitative estimate of drug-likeness (QED) is 0.916. The Morgan fingerprint density at radius 3 is 2.95 bits per heavy atom. The number of piperazine rings is 1. The third-order valence-electron chi connectivity index (χ3n) is 4.83. The molecule has 0 radical (unpaired) electrons. The molecule has 2 atom stereocenters. The van der Waals surface area contributed by atoms with E-state index in [0.717, 1.165) is 25.2 Å². The second-order valence-electron chi connectivity index (χ2n) is 6.19. The predicted molar refractivity (Wildman–Crippen MR) is 78.8 cm³/mol. The second-order valence-corrected chi connectivity index (χ2v) is 6.19. The monoisotopic (exact) mass is 277 g/mol. The molecule has 1 aromatic rings. The Kier molecular flexibility index (Phi) is 4.06. The van der Waals surface area contributed by atoms with Gasteiger partial charge in [-0.1, -0.05) is 6.07 Å². The summed E-state index contributed by atoms with van der Waals surface area (Å²) in [5, 5.41) is 0. The van der Waals surface area contributed by atoms with E-state index >= 15 is 0 Å². The highest BCUT2D eigenvalue weighted by molar-refractivity contribution is 5.28. The highest BCUT2D eigenvalue weighted by Gasteiger charge is 2.34. The standard InChI is InChI=1S/C16H24FN3/c1-12-9-19-6-2-3-16(19)11-20(12)10-13-4-5-15(17)7-14(13)8-18/h4-5,7,12,16H,2-3,6,8-11,18H2,1H3. The van der Waals surface area contributed by atoms with Crippen LogP contribution in [0.1, 0.15) is 30.9 Å². The Morgan fingerprint density at radius 1 is 1.30 bits per heavy atom. The molecule has 2 saturated heterocycles. The van der Waals surface area contributed by atoms with Crippen LogP contribution in [0.4, 0.5) is 4.39 Å². The first-order valence-electron chi connectivity index (χ1n) is 7.63. The summed E-state index contributed by atoms with van der Waals surface area (Å²) >= 11 is 0. The van der Waals surface area contributed by atoms with Crippen LogP contribution in [0, 0.1) is 5.82 Å². The van der Waals surface area contributed by atoms with Crippen LogP contribution in [-0.2, 0) is 13.1 Å². The zero-order valence-electron chi connectivity index (χ0n) is 12.2. The fourth-order valence-corrected chi connectivity index (χ4v) is 3.63. The molecule has 2 N–H and O–H groups in total. The Labute approximate surface area is 120 Å². The second kappa shape index (κ2) is 5.80. The van der Waals surface area contributed by atoms with Gasteiger partial charge in [0.1, 0.15) is 5.82 Å². The molecule has 0 aromatic heterocycles. The molecule has 2 aliphatic rings. The molecule has 110 valence electrons. The van der Waals surface area contributed by atoms with Crippen LogP contribution >= 0.6 is 0 Å². The molecule has 3 nitrogen and oxygen atoms in total. The maximum atomic E-state index is 13.3. The van der Waals surface area contributed by atoms with Crippen LogP contribution < -0.4 is 5.73 Å². The van der Waals surface area contributed by atoms with Crippen molar-refractivity contribution in [2.24, 2.45) is 5.73 Å². The fraction of sp³-hybridized carbons (Fsp3) is 0.625. The van der Waals surface area contributed by atoms with Crippen LogP contribution in [0.3, 0.4) is 0 Å². The van der Waals surface area contributed by atoms with Gasteiger partial charge in [-0.15, -0.1) is 0 Å². The van der Waals surface area contributed by atoms with Gasteiger partial charge in [-0.25, -0.2) is 4.39 Å². The van der Waals surface area contributed by atoms with Crippen LogP contribution in [0.15, 0.2) is 18.2 Å². The number of hydrogen-bond donors (Lipinski definition) is 1. The summed E-state index contributed by atoms with van der Waals surface area (Å²) in [6, 6.07) is 6.29. The van der Waals surface area contributed by atoms with E-state index in [0.29, 0.717) is 18.6 Å². The van der Waals surface area contributed by atoms with Gasteiger partial charge in [0.15, 0.2) is 0 Å². The van der Waals surface area contributed by atoms with Crippen molar-refractivity contribution >= 4 is 0 Å². The zero-order valence-corrected chi connectivity index (χ0v) is 12.2. The average molecular weight is 277 g/mol. The van der Waals surface area contributed by atoms with E-state index in [1.807, 2.05) is 6.07 Å². The third kappa shape index (κ3) is 2.73. The van der Waals surface area contributed by atoms with Gasteiger partial charge in [0.2, 0.25) is 0 Å². The lowest BCUT2D eigenvalue weighted by molar-refractivity contribution is 0.0538. The van der Waals surface area contributed by atoms with Crippen molar-refractivity contribution in [2.45, 2.75) is 44.9 Å². The maximum absolute atomic E-state index is 13.3. The van der Waals surface area contributed by atoms with Gasteiger partial charge in [-0.3, -0.25) is 9.80 Å². The molecule has 0 amide bonds. The number of benzene rings is 1. The number of rotatable bonds is 3. The van der Waals surface area contributed by atoms with Gasteiger partial charge in [0.25, 0.3) is 0 Å². The first kappa shape index (κ1) is 14.0. The van der Waals surface area contributed by atoms with Crippen molar-refractivity contribution < 1.29 is 4.39 Å². The Morgan fingerprint density at radius 2 is 2.15 bits per heavy atom. The highest BCUT2D eigenvalue weighted by atomic mass is 19.1. The van der Waals surface area contributed by atoms with Gasteiger partial charge >= 0.3 is 0 Å². The summed E-state index contributed by atoms with van der Waals surface area (Å²) in [5.74, 6) is -0.192. The molecule has 0 spiro atoms. The van der Waals surface area contributed by atoms with Crippen molar-refractivity contribution in [3.8, 4) is 0 Å². The number of fused-ring (bicyclic) bond motifs is 1. The molecule has 2 fully saturated rings. The maximum Gasteiger partial charge on any atom is 0.123 e. The van der Waals surface area contributed by atoms with Crippen molar-refractivity contribution in [1.82, 2.24) is 9.80 Å². The van der Waals surface area contributed by atoms with Crippen LogP contribution in [-0.4, -0.2) is 41.5 Å². The lowest BCUT2D eigenvalue weighted by Crippen LogP contribution is -2.54. The number of nitrogens with zero attached hydrogens (tertiary/aromatic N) is 2. The van der Waals surface area contributed by atoms with Gasteiger partial charge < -0.3 is 5.73 Å². The Balaban J connectivity index is 1.73. The molecule has 4 heteroatoms. The summed E-state index contributed by atoms with van der Waals surface area (Å²) < 4.78 is 13.3. The van der Waals surface area contributed by atoms with E-state index in [9.17, 15) is 4.39 Å². The third-order valence-corrected chi connectivity index (χ3v) is 4.83. The molecular weight excluding hydrogens is 253 g/mol. The lowest BCUT2D eigenvalue weighted by atomic mass is 10.0. The van der Waals surface area contributed by atoms with Crippen molar-refractivity contribution in [3.05, 3.63) is 35.1 Å². The first-order valence-corrected chi connectivity index (χ1v) is 7.63. The first-order chi connectivity index (χ1) is 9.67. The van der Waals surface area contributed by atoms with E-state index in [4.69, 9.17) is 5.73 Å². The predicted octanol–water partition coefficient (Wildman–Crippen LogP) is 1.95. The SMILES string of the molecule is CC1CN2CCCC2CN1Cc1ccc(F)cc1CN. The van der Waals surface area contributed by atoms with Gasteiger partial charge in [0, 0.05) is 38.3 Å². The normalized spacial score (nSPS) is 27.8. The van der Waals surface area contributed by atoms with Crippen LogP contribution in [0.2, 0.25) is 0 Å². The Hall–Kier alpha value is -0.970. The molecule has 2 heterocycles. The van der Waals surface area contributed by atoms with Crippen LogP contribution in [0.5, 0.6) is 0 Å². The Bertz CT molecular complexity index is 477. The average Bonchev–Trinajstić information content (AvgIpc) is 2.88. The number of halogens is 1.